The first kappa shape index (κ1) is 14.0. The fraction of sp³-hybridized carbons (Fsp3) is 0.143. The molecule has 100 valence electrons. The molecule has 1 atom stereocenters. The minimum absolute atomic E-state index is 0.330. The summed E-state index contributed by atoms with van der Waals surface area (Å²) in [5.74, 6) is 5.88. The number of hydrogen-bond acceptors (Lipinski definition) is 3. The van der Waals surface area contributed by atoms with Gasteiger partial charge in [0.2, 0.25) is 0 Å². The fourth-order valence-electron chi connectivity index (χ4n) is 1.99. The summed E-state index contributed by atoms with van der Waals surface area (Å²) in [5.41, 5.74) is 4.26. The van der Waals surface area contributed by atoms with Crippen LogP contribution in [0.4, 0.5) is 4.39 Å². The predicted molar refractivity (Wildman–Crippen MR) is 76.3 cm³/mol. The van der Waals surface area contributed by atoms with Crippen LogP contribution >= 0.6 is 15.9 Å². The van der Waals surface area contributed by atoms with Gasteiger partial charge in [-0.15, -0.1) is 0 Å². The van der Waals surface area contributed by atoms with Crippen molar-refractivity contribution in [2.45, 2.75) is 6.04 Å². The lowest BCUT2D eigenvalue weighted by atomic mass is 9.98. The second-order valence-corrected chi connectivity index (χ2v) is 4.86. The van der Waals surface area contributed by atoms with Crippen LogP contribution in [-0.4, -0.2) is 7.11 Å². The van der Waals surface area contributed by atoms with Gasteiger partial charge in [-0.2, -0.15) is 0 Å². The van der Waals surface area contributed by atoms with E-state index in [2.05, 4.69) is 21.4 Å². The van der Waals surface area contributed by atoms with Crippen LogP contribution in [-0.2, 0) is 0 Å². The summed E-state index contributed by atoms with van der Waals surface area (Å²) in [4.78, 5) is 0. The van der Waals surface area contributed by atoms with Crippen molar-refractivity contribution < 1.29 is 9.13 Å². The zero-order chi connectivity index (χ0) is 13.8. The quantitative estimate of drug-likeness (QED) is 0.671. The molecule has 3 N–H and O–H groups in total. The van der Waals surface area contributed by atoms with E-state index in [4.69, 9.17) is 10.6 Å². The molecule has 0 bridgehead atoms. The summed E-state index contributed by atoms with van der Waals surface area (Å²) in [5, 5.41) is 0. The summed E-state index contributed by atoms with van der Waals surface area (Å²) >= 11 is 3.47. The number of rotatable bonds is 4. The van der Waals surface area contributed by atoms with Gasteiger partial charge in [-0.1, -0.05) is 34.1 Å². The third kappa shape index (κ3) is 2.94. The van der Waals surface area contributed by atoms with E-state index in [-0.39, 0.29) is 11.9 Å². The Balaban J connectivity index is 2.54. The van der Waals surface area contributed by atoms with Crippen molar-refractivity contribution in [3.05, 3.63) is 63.9 Å². The van der Waals surface area contributed by atoms with Crippen LogP contribution in [0.25, 0.3) is 0 Å². The van der Waals surface area contributed by atoms with Crippen LogP contribution in [0.5, 0.6) is 5.75 Å². The number of ether oxygens (including phenoxy) is 1. The summed E-state index contributed by atoms with van der Waals surface area (Å²) in [6, 6.07) is 11.6. The van der Waals surface area contributed by atoms with Crippen molar-refractivity contribution in [3.8, 4) is 5.75 Å². The zero-order valence-corrected chi connectivity index (χ0v) is 11.9. The number of hydrazine groups is 1. The van der Waals surface area contributed by atoms with Crippen LogP contribution in [0, 0.1) is 5.82 Å². The summed E-state index contributed by atoms with van der Waals surface area (Å²) < 4.78 is 19.6. The van der Waals surface area contributed by atoms with E-state index in [1.54, 1.807) is 13.2 Å². The summed E-state index contributed by atoms with van der Waals surface area (Å²) in [6.07, 6.45) is 0. The standard InChI is InChI=1S/C14H14BrFN2O/c1-19-13-7-6-9(16)8-11(13)14(18-17)10-4-2-3-5-12(10)15/h2-8,14,18H,17H2,1H3. The maximum atomic E-state index is 13.5. The molecule has 5 heteroatoms. The highest BCUT2D eigenvalue weighted by Crippen LogP contribution is 2.33. The van der Waals surface area contributed by atoms with Gasteiger partial charge < -0.3 is 4.74 Å². The van der Waals surface area contributed by atoms with Crippen molar-refractivity contribution >= 4 is 15.9 Å². The highest BCUT2D eigenvalue weighted by atomic mass is 79.9. The lowest BCUT2D eigenvalue weighted by molar-refractivity contribution is 0.402. The van der Waals surface area contributed by atoms with Crippen molar-refractivity contribution in [2.24, 2.45) is 5.84 Å². The molecule has 19 heavy (non-hydrogen) atoms. The molecule has 0 aromatic heterocycles. The Bertz CT molecular complexity index is 577. The normalized spacial score (nSPS) is 12.2. The third-order valence-corrected chi connectivity index (χ3v) is 3.61. The zero-order valence-electron chi connectivity index (χ0n) is 10.4. The van der Waals surface area contributed by atoms with Gasteiger partial charge in [0.05, 0.1) is 13.2 Å². The van der Waals surface area contributed by atoms with Gasteiger partial charge in [-0.3, -0.25) is 5.84 Å². The molecule has 0 heterocycles. The average Bonchev–Trinajstić information content (AvgIpc) is 2.42. The van der Waals surface area contributed by atoms with Crippen LogP contribution < -0.4 is 16.0 Å². The Labute approximate surface area is 119 Å². The highest BCUT2D eigenvalue weighted by Gasteiger charge is 2.19. The minimum atomic E-state index is -0.360. The van der Waals surface area contributed by atoms with E-state index in [1.165, 1.54) is 12.1 Å². The smallest absolute Gasteiger partial charge is 0.124 e. The van der Waals surface area contributed by atoms with Gasteiger partial charge in [-0.05, 0) is 29.8 Å². The van der Waals surface area contributed by atoms with Crippen LogP contribution in [0.3, 0.4) is 0 Å². The van der Waals surface area contributed by atoms with Gasteiger partial charge in [0.25, 0.3) is 0 Å². The Hall–Kier alpha value is -1.43. The summed E-state index contributed by atoms with van der Waals surface area (Å²) in [6.45, 7) is 0. The first-order chi connectivity index (χ1) is 9.17. The third-order valence-electron chi connectivity index (χ3n) is 2.89. The van der Waals surface area contributed by atoms with E-state index >= 15 is 0 Å². The number of methoxy groups -OCH3 is 1. The Kier molecular flexibility index (Phi) is 4.52. The number of nitrogens with one attached hydrogen (secondary N) is 1. The largest absolute Gasteiger partial charge is 0.496 e. The summed E-state index contributed by atoms with van der Waals surface area (Å²) in [7, 11) is 1.55. The monoisotopic (exact) mass is 324 g/mol. The molecule has 0 amide bonds. The molecule has 0 fully saturated rings. The van der Waals surface area contributed by atoms with Crippen LogP contribution in [0.1, 0.15) is 17.2 Å². The molecule has 0 saturated heterocycles. The molecule has 0 radical (unpaired) electrons. The van der Waals surface area contributed by atoms with E-state index in [1.807, 2.05) is 24.3 Å². The molecule has 0 aliphatic rings. The maximum absolute atomic E-state index is 13.5. The fourth-order valence-corrected chi connectivity index (χ4v) is 2.50. The molecular weight excluding hydrogens is 311 g/mol. The van der Waals surface area contributed by atoms with Crippen molar-refractivity contribution in [3.63, 3.8) is 0 Å². The second kappa shape index (κ2) is 6.14. The Morgan fingerprint density at radius 3 is 2.58 bits per heavy atom. The molecule has 1 unspecified atom stereocenters. The lowest BCUT2D eigenvalue weighted by Gasteiger charge is -2.20. The number of benzene rings is 2. The Morgan fingerprint density at radius 2 is 1.95 bits per heavy atom. The minimum Gasteiger partial charge on any atom is -0.496 e. The van der Waals surface area contributed by atoms with Crippen molar-refractivity contribution in [1.29, 1.82) is 0 Å². The number of nitrogens with two attached hydrogens (primary N) is 1. The van der Waals surface area contributed by atoms with Gasteiger partial charge in [0.15, 0.2) is 0 Å². The first-order valence-corrected chi connectivity index (χ1v) is 6.50. The van der Waals surface area contributed by atoms with Crippen LogP contribution in [0.2, 0.25) is 0 Å². The average molecular weight is 325 g/mol. The molecule has 0 saturated carbocycles. The molecule has 0 spiro atoms. The van der Waals surface area contributed by atoms with E-state index in [0.29, 0.717) is 11.3 Å². The highest BCUT2D eigenvalue weighted by molar-refractivity contribution is 9.10. The van der Waals surface area contributed by atoms with Gasteiger partial charge in [0.1, 0.15) is 11.6 Å². The van der Waals surface area contributed by atoms with Crippen molar-refractivity contribution in [2.75, 3.05) is 7.11 Å². The predicted octanol–water partition coefficient (Wildman–Crippen LogP) is 3.15. The second-order valence-electron chi connectivity index (χ2n) is 4.01. The molecule has 0 aliphatic carbocycles. The SMILES string of the molecule is COc1ccc(F)cc1C(NN)c1ccccc1Br. The maximum Gasteiger partial charge on any atom is 0.124 e. The topological polar surface area (TPSA) is 47.3 Å². The van der Waals surface area contributed by atoms with E-state index in [0.717, 1.165) is 10.0 Å². The Morgan fingerprint density at radius 1 is 1.21 bits per heavy atom. The first-order valence-electron chi connectivity index (χ1n) is 5.71. The molecule has 0 aliphatic heterocycles. The molecule has 2 aromatic rings. The van der Waals surface area contributed by atoms with Crippen molar-refractivity contribution in [1.82, 2.24) is 5.43 Å². The van der Waals surface area contributed by atoms with Crippen LogP contribution in [0.15, 0.2) is 46.9 Å². The van der Waals surface area contributed by atoms with E-state index in [9.17, 15) is 4.39 Å². The molecular formula is C14H14BrFN2O. The van der Waals surface area contributed by atoms with Gasteiger partial charge >= 0.3 is 0 Å². The van der Waals surface area contributed by atoms with Gasteiger partial charge in [0, 0.05) is 10.0 Å². The van der Waals surface area contributed by atoms with E-state index < -0.39 is 0 Å². The molecule has 2 rings (SSSR count). The molecule has 2 aromatic carbocycles. The molecule has 3 nitrogen and oxygen atoms in total. The number of halogens is 2. The van der Waals surface area contributed by atoms with Gasteiger partial charge in [-0.25, -0.2) is 9.82 Å². The lowest BCUT2D eigenvalue weighted by Crippen LogP contribution is -2.29. The number of hydrogen-bond donors (Lipinski definition) is 2.